The van der Waals surface area contributed by atoms with Crippen LogP contribution >= 0.6 is 0 Å². The summed E-state index contributed by atoms with van der Waals surface area (Å²) in [6, 6.07) is 12.3. The molecule has 3 amide bonds. The van der Waals surface area contributed by atoms with E-state index in [4.69, 9.17) is 5.73 Å². The molecule has 1 saturated heterocycles. The van der Waals surface area contributed by atoms with Gasteiger partial charge < -0.3 is 21.3 Å². The van der Waals surface area contributed by atoms with Crippen molar-refractivity contribution in [2.75, 3.05) is 25.0 Å². The Bertz CT molecular complexity index is 856. The maximum Gasteiger partial charge on any atom is 0.319 e. The number of hydrogen-bond acceptors (Lipinski definition) is 3. The predicted octanol–water partition coefficient (Wildman–Crippen LogP) is 3.19. The highest BCUT2D eigenvalue weighted by atomic mass is 19.1. The number of hydrogen-bond donors (Lipinski definition) is 3. The van der Waals surface area contributed by atoms with E-state index in [1.807, 2.05) is 31.2 Å². The lowest BCUT2D eigenvalue weighted by Crippen LogP contribution is -2.47. The molecule has 154 valence electrons. The lowest BCUT2D eigenvalue weighted by Gasteiger charge is -2.34. The molecule has 0 saturated carbocycles. The molecule has 2 aromatic carbocycles. The van der Waals surface area contributed by atoms with Crippen molar-refractivity contribution in [3.8, 4) is 0 Å². The number of halogens is 1. The van der Waals surface area contributed by atoms with E-state index in [0.717, 1.165) is 24.0 Å². The largest absolute Gasteiger partial charge is 0.341 e. The van der Waals surface area contributed by atoms with Gasteiger partial charge in [0, 0.05) is 25.3 Å². The molecule has 6 nitrogen and oxygen atoms in total. The van der Waals surface area contributed by atoms with Crippen LogP contribution < -0.4 is 16.4 Å². The lowest BCUT2D eigenvalue weighted by atomic mass is 9.96. The van der Waals surface area contributed by atoms with Crippen molar-refractivity contribution in [3.63, 3.8) is 0 Å². The number of nitrogens with one attached hydrogen (secondary N) is 2. The summed E-state index contributed by atoms with van der Waals surface area (Å²) >= 11 is 0. The number of aryl methyl sites for hydroxylation is 1. The van der Waals surface area contributed by atoms with Gasteiger partial charge in [0.05, 0.1) is 0 Å². The van der Waals surface area contributed by atoms with Crippen molar-refractivity contribution in [1.82, 2.24) is 10.2 Å². The zero-order chi connectivity index (χ0) is 20.8. The highest BCUT2D eigenvalue weighted by molar-refractivity contribution is 5.89. The van der Waals surface area contributed by atoms with Crippen molar-refractivity contribution >= 4 is 17.6 Å². The molecule has 0 bridgehead atoms. The summed E-state index contributed by atoms with van der Waals surface area (Å²) in [5, 5.41) is 5.42. The number of benzene rings is 2. The van der Waals surface area contributed by atoms with Gasteiger partial charge in [-0.2, -0.15) is 0 Å². The minimum atomic E-state index is -0.682. The molecule has 4 N–H and O–H groups in total. The van der Waals surface area contributed by atoms with Crippen molar-refractivity contribution < 1.29 is 14.0 Å². The van der Waals surface area contributed by atoms with Crippen LogP contribution in [0.2, 0.25) is 0 Å². The second-order valence-corrected chi connectivity index (χ2v) is 7.53. The van der Waals surface area contributed by atoms with Crippen molar-refractivity contribution in [3.05, 3.63) is 65.5 Å². The van der Waals surface area contributed by atoms with Crippen LogP contribution in [0.3, 0.4) is 0 Å². The third-order valence-corrected chi connectivity index (χ3v) is 5.17. The third kappa shape index (κ3) is 5.77. The van der Waals surface area contributed by atoms with Gasteiger partial charge in [0.25, 0.3) is 0 Å². The van der Waals surface area contributed by atoms with Gasteiger partial charge >= 0.3 is 6.03 Å². The number of nitrogens with two attached hydrogens (primary N) is 1. The molecule has 0 aliphatic carbocycles. The summed E-state index contributed by atoms with van der Waals surface area (Å²) in [5.74, 6) is -0.354. The average molecular weight is 398 g/mol. The smallest absolute Gasteiger partial charge is 0.319 e. The summed E-state index contributed by atoms with van der Waals surface area (Å²) in [5.41, 5.74) is 8.50. The van der Waals surface area contributed by atoms with E-state index < -0.39 is 17.9 Å². The van der Waals surface area contributed by atoms with E-state index in [2.05, 4.69) is 10.6 Å². The molecule has 0 spiro atoms. The highest BCUT2D eigenvalue weighted by Crippen LogP contribution is 2.21. The van der Waals surface area contributed by atoms with Crippen LogP contribution in [-0.4, -0.2) is 36.5 Å². The van der Waals surface area contributed by atoms with Crippen molar-refractivity contribution in [2.24, 2.45) is 11.7 Å². The number of likely N-dealkylation sites (tertiary alicyclic amines) is 1. The fourth-order valence-corrected chi connectivity index (χ4v) is 3.52. The fraction of sp³-hybridized carbons (Fsp3) is 0.364. The maximum absolute atomic E-state index is 13.2. The number of anilines is 1. The second-order valence-electron chi connectivity index (χ2n) is 7.53. The Balaban J connectivity index is 1.50. The first-order valence-electron chi connectivity index (χ1n) is 9.84. The van der Waals surface area contributed by atoms with E-state index in [-0.39, 0.29) is 11.8 Å². The number of carbonyl (C=O) groups excluding carboxylic acids is 2. The van der Waals surface area contributed by atoms with E-state index in [0.29, 0.717) is 25.3 Å². The molecule has 7 heteroatoms. The molecule has 1 aliphatic rings. The topological polar surface area (TPSA) is 87.5 Å². The lowest BCUT2D eigenvalue weighted by molar-refractivity contribution is -0.134. The predicted molar refractivity (Wildman–Crippen MR) is 111 cm³/mol. The zero-order valence-corrected chi connectivity index (χ0v) is 16.5. The quantitative estimate of drug-likeness (QED) is 0.723. The van der Waals surface area contributed by atoms with Gasteiger partial charge in [0.15, 0.2) is 0 Å². The van der Waals surface area contributed by atoms with Gasteiger partial charge in [-0.1, -0.05) is 35.9 Å². The van der Waals surface area contributed by atoms with Gasteiger partial charge in [-0.3, -0.25) is 4.79 Å². The summed E-state index contributed by atoms with van der Waals surface area (Å²) < 4.78 is 13.2. The first kappa shape index (κ1) is 20.8. The van der Waals surface area contributed by atoms with Crippen LogP contribution in [0.4, 0.5) is 14.9 Å². The Morgan fingerprint density at radius 3 is 2.72 bits per heavy atom. The third-order valence-electron chi connectivity index (χ3n) is 5.17. The molecule has 0 aromatic heterocycles. The van der Waals surface area contributed by atoms with E-state index in [1.54, 1.807) is 11.0 Å². The molecular formula is C22H27FN4O2. The summed E-state index contributed by atoms with van der Waals surface area (Å²) in [4.78, 5) is 26.6. The van der Waals surface area contributed by atoms with Crippen molar-refractivity contribution in [2.45, 2.75) is 25.8 Å². The van der Waals surface area contributed by atoms with Crippen LogP contribution in [0.5, 0.6) is 0 Å². The molecule has 3 rings (SSSR count). The van der Waals surface area contributed by atoms with Crippen molar-refractivity contribution in [1.29, 1.82) is 0 Å². The number of amides is 3. The molecule has 2 atom stereocenters. The fourth-order valence-electron chi connectivity index (χ4n) is 3.52. The molecule has 1 heterocycles. The first-order chi connectivity index (χ1) is 13.9. The minimum Gasteiger partial charge on any atom is -0.341 e. The Morgan fingerprint density at radius 1 is 1.24 bits per heavy atom. The summed E-state index contributed by atoms with van der Waals surface area (Å²) in [6.07, 6.45) is 1.79. The number of urea groups is 1. The maximum atomic E-state index is 13.2. The molecular weight excluding hydrogens is 371 g/mol. The average Bonchev–Trinajstić information content (AvgIpc) is 2.72. The molecule has 0 radical (unpaired) electrons. The summed E-state index contributed by atoms with van der Waals surface area (Å²) in [7, 11) is 0. The molecule has 2 unspecified atom stereocenters. The second kappa shape index (κ2) is 9.52. The van der Waals surface area contributed by atoms with Gasteiger partial charge in [-0.15, -0.1) is 0 Å². The number of carbonyl (C=O) groups is 2. The van der Waals surface area contributed by atoms with Crippen LogP contribution in [0.15, 0.2) is 48.5 Å². The van der Waals surface area contributed by atoms with Gasteiger partial charge in [-0.25, -0.2) is 9.18 Å². The van der Waals surface area contributed by atoms with Crippen LogP contribution in [-0.2, 0) is 4.79 Å². The minimum absolute atomic E-state index is 0.0947. The zero-order valence-electron chi connectivity index (χ0n) is 16.5. The van der Waals surface area contributed by atoms with Crippen LogP contribution in [0, 0.1) is 18.7 Å². The number of nitrogens with zero attached hydrogens (tertiary/aromatic N) is 1. The summed E-state index contributed by atoms with van der Waals surface area (Å²) in [6.45, 7) is 3.65. The van der Waals surface area contributed by atoms with E-state index >= 15 is 0 Å². The van der Waals surface area contributed by atoms with E-state index in [1.165, 1.54) is 18.2 Å². The molecule has 2 aromatic rings. The van der Waals surface area contributed by atoms with Gasteiger partial charge in [0.2, 0.25) is 5.91 Å². The molecule has 1 aliphatic heterocycles. The Hall–Kier alpha value is -2.93. The van der Waals surface area contributed by atoms with Crippen LogP contribution in [0.25, 0.3) is 0 Å². The number of piperidine rings is 1. The molecule has 29 heavy (non-hydrogen) atoms. The van der Waals surface area contributed by atoms with Gasteiger partial charge in [-0.05, 0) is 49.4 Å². The first-order valence-corrected chi connectivity index (χ1v) is 9.84. The molecule has 1 fully saturated rings. The highest BCUT2D eigenvalue weighted by Gasteiger charge is 2.28. The Morgan fingerprint density at radius 2 is 2.00 bits per heavy atom. The monoisotopic (exact) mass is 398 g/mol. The standard InChI is InChI=1S/C22H27FN4O2/c1-15-7-9-17(10-8-15)20(24)21(28)27-11-3-4-16(14-27)13-25-22(29)26-19-6-2-5-18(23)12-19/h2,5-10,12,16,20H,3-4,11,13-14,24H2,1H3,(H2,25,26,29). The number of rotatable bonds is 5. The normalized spacial score (nSPS) is 17.5. The SMILES string of the molecule is Cc1ccc(C(N)C(=O)N2CCCC(CNC(=O)Nc3cccc(F)c3)C2)cc1. The Kier molecular flexibility index (Phi) is 6.82. The Labute approximate surface area is 170 Å². The van der Waals surface area contributed by atoms with Crippen LogP contribution in [0.1, 0.15) is 30.0 Å². The van der Waals surface area contributed by atoms with E-state index in [9.17, 15) is 14.0 Å². The van der Waals surface area contributed by atoms with Gasteiger partial charge in [0.1, 0.15) is 11.9 Å².